The molecule has 1 saturated heterocycles. The van der Waals surface area contributed by atoms with Crippen LogP contribution < -0.4 is 15.0 Å². The standard InChI is InChI=1S/C18H17ClN2O3/c1-2-24-16-9-4-3-8-15(16)21-17(22)11-14(18(21)23)20-13-7-5-6-12(19)10-13/h3-10,14,20H,2,11H2,1H3/t14-/m0/s1. The Balaban J connectivity index is 1.84. The third-order valence-electron chi connectivity index (χ3n) is 3.72. The number of carbonyl (C=O) groups excluding carboxylic acids is 2. The lowest BCUT2D eigenvalue weighted by Crippen LogP contribution is -2.35. The van der Waals surface area contributed by atoms with Crippen LogP contribution in [0, 0.1) is 0 Å². The van der Waals surface area contributed by atoms with E-state index in [4.69, 9.17) is 16.3 Å². The van der Waals surface area contributed by atoms with Crippen LogP contribution >= 0.6 is 11.6 Å². The maximum Gasteiger partial charge on any atom is 0.256 e. The summed E-state index contributed by atoms with van der Waals surface area (Å²) in [5.41, 5.74) is 1.18. The van der Waals surface area contributed by atoms with Crippen LogP contribution in [0.25, 0.3) is 0 Å². The Morgan fingerprint density at radius 3 is 2.75 bits per heavy atom. The Morgan fingerprint density at radius 2 is 2.00 bits per heavy atom. The van der Waals surface area contributed by atoms with Gasteiger partial charge in [0.25, 0.3) is 5.91 Å². The summed E-state index contributed by atoms with van der Waals surface area (Å²) in [5, 5.41) is 3.64. The fourth-order valence-corrected chi connectivity index (χ4v) is 2.89. The molecule has 2 aromatic rings. The minimum absolute atomic E-state index is 0.0891. The predicted molar refractivity (Wildman–Crippen MR) is 93.6 cm³/mol. The highest BCUT2D eigenvalue weighted by molar-refractivity contribution is 6.30. The van der Waals surface area contributed by atoms with Crippen molar-refractivity contribution in [1.29, 1.82) is 0 Å². The molecule has 6 heteroatoms. The van der Waals surface area contributed by atoms with E-state index in [-0.39, 0.29) is 18.2 Å². The zero-order chi connectivity index (χ0) is 17.1. The van der Waals surface area contributed by atoms with E-state index < -0.39 is 6.04 Å². The van der Waals surface area contributed by atoms with Crippen LogP contribution in [0.3, 0.4) is 0 Å². The zero-order valence-electron chi connectivity index (χ0n) is 13.2. The van der Waals surface area contributed by atoms with E-state index in [0.29, 0.717) is 28.8 Å². The molecular formula is C18H17ClN2O3. The van der Waals surface area contributed by atoms with Gasteiger partial charge in [-0.2, -0.15) is 0 Å². The second-order valence-corrected chi connectivity index (χ2v) is 5.82. The summed E-state index contributed by atoms with van der Waals surface area (Å²) < 4.78 is 5.53. The van der Waals surface area contributed by atoms with Crippen LogP contribution in [-0.4, -0.2) is 24.5 Å². The van der Waals surface area contributed by atoms with Crippen molar-refractivity contribution in [3.05, 3.63) is 53.6 Å². The first-order valence-electron chi connectivity index (χ1n) is 7.71. The largest absolute Gasteiger partial charge is 0.492 e. The number of rotatable bonds is 5. The number of halogens is 1. The molecule has 1 heterocycles. The van der Waals surface area contributed by atoms with Gasteiger partial charge in [-0.15, -0.1) is 0 Å². The van der Waals surface area contributed by atoms with E-state index in [1.807, 2.05) is 6.92 Å². The number of para-hydroxylation sites is 2. The van der Waals surface area contributed by atoms with E-state index in [0.717, 1.165) is 0 Å². The molecule has 5 nitrogen and oxygen atoms in total. The number of imide groups is 1. The van der Waals surface area contributed by atoms with Crippen molar-refractivity contribution in [3.63, 3.8) is 0 Å². The summed E-state index contributed by atoms with van der Waals surface area (Å²) in [5.74, 6) is -0.0380. The average molecular weight is 345 g/mol. The van der Waals surface area contributed by atoms with Crippen molar-refractivity contribution in [2.75, 3.05) is 16.8 Å². The zero-order valence-corrected chi connectivity index (χ0v) is 13.9. The molecule has 1 aliphatic rings. The van der Waals surface area contributed by atoms with Crippen LogP contribution in [-0.2, 0) is 9.59 Å². The molecule has 1 atom stereocenters. The van der Waals surface area contributed by atoms with Crippen molar-refractivity contribution in [1.82, 2.24) is 0 Å². The Hall–Kier alpha value is -2.53. The molecule has 124 valence electrons. The first-order chi connectivity index (χ1) is 11.6. The summed E-state index contributed by atoms with van der Waals surface area (Å²) in [7, 11) is 0. The van der Waals surface area contributed by atoms with E-state index in [1.54, 1.807) is 48.5 Å². The van der Waals surface area contributed by atoms with Crippen LogP contribution in [0.1, 0.15) is 13.3 Å². The monoisotopic (exact) mass is 344 g/mol. The molecular weight excluding hydrogens is 328 g/mol. The first kappa shape index (κ1) is 16.3. The van der Waals surface area contributed by atoms with Crippen molar-refractivity contribution in [3.8, 4) is 5.75 Å². The highest BCUT2D eigenvalue weighted by Gasteiger charge is 2.40. The van der Waals surface area contributed by atoms with E-state index in [1.165, 1.54) is 4.90 Å². The molecule has 2 aromatic carbocycles. The quantitative estimate of drug-likeness (QED) is 0.844. The van der Waals surface area contributed by atoms with Gasteiger partial charge >= 0.3 is 0 Å². The van der Waals surface area contributed by atoms with E-state index >= 15 is 0 Å². The Bertz CT molecular complexity index is 778. The van der Waals surface area contributed by atoms with Gasteiger partial charge in [0.15, 0.2) is 0 Å². The summed E-state index contributed by atoms with van der Waals surface area (Å²) in [6.07, 6.45) is 0.0891. The van der Waals surface area contributed by atoms with Gasteiger partial charge in [0.05, 0.1) is 18.7 Å². The predicted octanol–water partition coefficient (Wildman–Crippen LogP) is 3.48. The minimum Gasteiger partial charge on any atom is -0.492 e. The maximum atomic E-state index is 12.7. The number of hydrogen-bond acceptors (Lipinski definition) is 4. The summed E-state index contributed by atoms with van der Waals surface area (Å²) in [6, 6.07) is 13.5. The van der Waals surface area contributed by atoms with Gasteiger partial charge in [0.2, 0.25) is 5.91 Å². The molecule has 2 amide bonds. The van der Waals surface area contributed by atoms with Crippen molar-refractivity contribution in [2.45, 2.75) is 19.4 Å². The molecule has 0 aromatic heterocycles. The summed E-state index contributed by atoms with van der Waals surface area (Å²) in [4.78, 5) is 26.3. The molecule has 0 saturated carbocycles. The molecule has 3 rings (SSSR count). The molecule has 1 aliphatic heterocycles. The molecule has 1 fully saturated rings. The Morgan fingerprint density at radius 1 is 1.21 bits per heavy atom. The topological polar surface area (TPSA) is 58.6 Å². The number of anilines is 2. The second kappa shape index (κ2) is 6.93. The van der Waals surface area contributed by atoms with Crippen LogP contribution in [0.2, 0.25) is 5.02 Å². The molecule has 0 aliphatic carbocycles. The molecule has 0 spiro atoms. The smallest absolute Gasteiger partial charge is 0.256 e. The molecule has 24 heavy (non-hydrogen) atoms. The average Bonchev–Trinajstić information content (AvgIpc) is 2.82. The minimum atomic E-state index is -0.620. The number of benzene rings is 2. The third-order valence-corrected chi connectivity index (χ3v) is 3.95. The fourth-order valence-electron chi connectivity index (χ4n) is 2.70. The second-order valence-electron chi connectivity index (χ2n) is 5.38. The molecule has 0 radical (unpaired) electrons. The Kier molecular flexibility index (Phi) is 4.71. The molecule has 1 N–H and O–H groups in total. The number of ether oxygens (including phenoxy) is 1. The number of carbonyl (C=O) groups is 2. The lowest BCUT2D eigenvalue weighted by Gasteiger charge is -2.19. The van der Waals surface area contributed by atoms with Crippen molar-refractivity contribution < 1.29 is 14.3 Å². The fraction of sp³-hybridized carbons (Fsp3) is 0.222. The maximum absolute atomic E-state index is 12.7. The molecule has 0 unspecified atom stereocenters. The van der Waals surface area contributed by atoms with Gasteiger partial charge in [-0.3, -0.25) is 9.59 Å². The number of hydrogen-bond donors (Lipinski definition) is 1. The highest BCUT2D eigenvalue weighted by atomic mass is 35.5. The van der Waals surface area contributed by atoms with Gasteiger partial charge in [-0.05, 0) is 37.3 Å². The lowest BCUT2D eigenvalue weighted by molar-refractivity contribution is -0.121. The number of nitrogens with one attached hydrogen (secondary N) is 1. The normalized spacial score (nSPS) is 17.2. The number of amides is 2. The molecule has 0 bridgehead atoms. The first-order valence-corrected chi connectivity index (χ1v) is 8.08. The van der Waals surface area contributed by atoms with Gasteiger partial charge in [0, 0.05) is 10.7 Å². The summed E-state index contributed by atoms with van der Waals surface area (Å²) >= 11 is 5.96. The van der Waals surface area contributed by atoms with Crippen LogP contribution in [0.15, 0.2) is 48.5 Å². The van der Waals surface area contributed by atoms with Crippen molar-refractivity contribution in [2.24, 2.45) is 0 Å². The van der Waals surface area contributed by atoms with Crippen LogP contribution in [0.5, 0.6) is 5.75 Å². The summed E-state index contributed by atoms with van der Waals surface area (Å²) in [6.45, 7) is 2.31. The third kappa shape index (κ3) is 3.21. The van der Waals surface area contributed by atoms with Gasteiger partial charge in [-0.25, -0.2) is 4.90 Å². The SMILES string of the molecule is CCOc1ccccc1N1C(=O)C[C@H](Nc2cccc(Cl)c2)C1=O. The van der Waals surface area contributed by atoms with E-state index in [2.05, 4.69) is 5.32 Å². The lowest BCUT2D eigenvalue weighted by atomic mass is 10.2. The van der Waals surface area contributed by atoms with Gasteiger partial charge in [0.1, 0.15) is 11.8 Å². The van der Waals surface area contributed by atoms with E-state index in [9.17, 15) is 9.59 Å². The van der Waals surface area contributed by atoms with Crippen LogP contribution in [0.4, 0.5) is 11.4 Å². The number of nitrogens with zero attached hydrogens (tertiary/aromatic N) is 1. The Labute approximate surface area is 145 Å². The highest BCUT2D eigenvalue weighted by Crippen LogP contribution is 2.33. The van der Waals surface area contributed by atoms with Gasteiger partial charge in [-0.1, -0.05) is 29.8 Å². The van der Waals surface area contributed by atoms with Crippen molar-refractivity contribution >= 4 is 34.8 Å². The van der Waals surface area contributed by atoms with Gasteiger partial charge < -0.3 is 10.1 Å².